The van der Waals surface area contributed by atoms with E-state index in [2.05, 4.69) is 5.32 Å². The van der Waals surface area contributed by atoms with Crippen molar-refractivity contribution in [2.75, 3.05) is 13.2 Å². The number of ether oxygens (including phenoxy) is 1. The van der Waals surface area contributed by atoms with Gasteiger partial charge in [-0.25, -0.2) is 0 Å². The number of esters is 1. The third-order valence-electron chi connectivity index (χ3n) is 1.71. The van der Waals surface area contributed by atoms with Crippen LogP contribution in [0.1, 0.15) is 19.8 Å². The number of hydrogen-bond acceptors (Lipinski definition) is 5. The lowest BCUT2D eigenvalue weighted by Crippen LogP contribution is -2.37. The average Bonchev–Trinajstić information content (AvgIpc) is 2.17. The summed E-state index contributed by atoms with van der Waals surface area (Å²) in [7, 11) is 0. The van der Waals surface area contributed by atoms with Crippen molar-refractivity contribution in [2.45, 2.75) is 25.8 Å². The number of guanidine groups is 1. The second-order valence-corrected chi connectivity index (χ2v) is 2.92. The van der Waals surface area contributed by atoms with E-state index in [4.69, 9.17) is 21.1 Å². The van der Waals surface area contributed by atoms with Crippen molar-refractivity contribution in [3.8, 4) is 0 Å². The molecular formula is C8H18N4O3. The van der Waals surface area contributed by atoms with Gasteiger partial charge in [-0.1, -0.05) is 0 Å². The van der Waals surface area contributed by atoms with Crippen molar-refractivity contribution in [1.29, 1.82) is 5.41 Å². The molecule has 15 heavy (non-hydrogen) atoms. The summed E-state index contributed by atoms with van der Waals surface area (Å²) in [5.74, 6) is -0.595. The summed E-state index contributed by atoms with van der Waals surface area (Å²) < 4.78 is 4.72. The first-order chi connectivity index (χ1) is 7.11. The number of carbonyl (C=O) groups is 1. The van der Waals surface area contributed by atoms with Crippen LogP contribution in [0.4, 0.5) is 0 Å². The highest BCUT2D eigenvalue weighted by Gasteiger charge is 2.17. The molecule has 0 spiro atoms. The van der Waals surface area contributed by atoms with Crippen LogP contribution < -0.4 is 16.5 Å². The maximum Gasteiger partial charge on any atom is 0.325 e. The fraction of sp³-hybridized carbons (Fsp3) is 0.750. The second kappa shape index (κ2) is 8.01. The molecular weight excluding hydrogens is 200 g/mol. The molecule has 0 fully saturated rings. The number of carbonyl (C=O) groups excluding carboxylic acids is 1. The van der Waals surface area contributed by atoms with Crippen LogP contribution in [0, 0.1) is 5.41 Å². The van der Waals surface area contributed by atoms with Gasteiger partial charge in [-0.05, 0) is 19.8 Å². The molecule has 0 bridgehead atoms. The molecule has 0 heterocycles. The largest absolute Gasteiger partial charge is 0.465 e. The predicted molar refractivity (Wildman–Crippen MR) is 54.5 cm³/mol. The molecule has 0 amide bonds. The van der Waals surface area contributed by atoms with Gasteiger partial charge in [0.2, 0.25) is 0 Å². The lowest BCUT2D eigenvalue weighted by Gasteiger charge is -2.13. The minimum absolute atomic E-state index is 0.111. The Labute approximate surface area is 88.4 Å². The number of hydroxylamine groups is 1. The van der Waals surface area contributed by atoms with Crippen LogP contribution in [0.15, 0.2) is 0 Å². The fourth-order valence-electron chi connectivity index (χ4n) is 1.01. The number of nitrogens with two attached hydrogens (primary N) is 1. The van der Waals surface area contributed by atoms with Crippen molar-refractivity contribution < 1.29 is 14.7 Å². The average molecular weight is 218 g/mol. The van der Waals surface area contributed by atoms with Crippen molar-refractivity contribution in [1.82, 2.24) is 10.8 Å². The molecule has 0 aromatic rings. The van der Waals surface area contributed by atoms with Crippen molar-refractivity contribution in [3.05, 3.63) is 0 Å². The van der Waals surface area contributed by atoms with Gasteiger partial charge in [-0.2, -0.15) is 5.48 Å². The molecule has 0 aromatic carbocycles. The van der Waals surface area contributed by atoms with E-state index in [0.29, 0.717) is 19.4 Å². The highest BCUT2D eigenvalue weighted by atomic mass is 16.5. The monoisotopic (exact) mass is 218 g/mol. The first kappa shape index (κ1) is 13.7. The summed E-state index contributed by atoms with van der Waals surface area (Å²) >= 11 is 0. The second-order valence-electron chi connectivity index (χ2n) is 2.92. The summed E-state index contributed by atoms with van der Waals surface area (Å²) in [4.78, 5) is 11.2. The van der Waals surface area contributed by atoms with Gasteiger partial charge in [0.15, 0.2) is 5.96 Å². The van der Waals surface area contributed by atoms with E-state index < -0.39 is 12.0 Å². The first-order valence-corrected chi connectivity index (χ1v) is 4.76. The fourth-order valence-corrected chi connectivity index (χ4v) is 1.01. The van der Waals surface area contributed by atoms with E-state index in [1.165, 1.54) is 0 Å². The summed E-state index contributed by atoms with van der Waals surface area (Å²) in [6.45, 7) is 2.46. The van der Waals surface area contributed by atoms with Crippen molar-refractivity contribution >= 4 is 11.9 Å². The SMILES string of the molecule is CCOC(=O)[C@H](CCCNC(=N)N)NO. The topological polar surface area (TPSA) is 120 Å². The standard InChI is InChI=1S/C8H18N4O3/c1-2-15-7(13)6(12-14)4-3-5-11-8(9)10/h6,12,14H,2-5H2,1H3,(H4,9,10,11)/t6-/m0/s1. The first-order valence-electron chi connectivity index (χ1n) is 4.76. The molecule has 0 radical (unpaired) electrons. The van der Waals surface area contributed by atoms with E-state index >= 15 is 0 Å². The van der Waals surface area contributed by atoms with Gasteiger partial charge in [0.25, 0.3) is 0 Å². The van der Waals surface area contributed by atoms with E-state index in [9.17, 15) is 4.79 Å². The van der Waals surface area contributed by atoms with Crippen molar-refractivity contribution in [3.63, 3.8) is 0 Å². The van der Waals surface area contributed by atoms with Gasteiger partial charge in [0, 0.05) is 6.54 Å². The van der Waals surface area contributed by atoms with Gasteiger partial charge < -0.3 is 21.0 Å². The van der Waals surface area contributed by atoms with E-state index in [-0.39, 0.29) is 12.6 Å². The van der Waals surface area contributed by atoms with E-state index in [0.717, 1.165) is 0 Å². The zero-order chi connectivity index (χ0) is 11.7. The van der Waals surface area contributed by atoms with Gasteiger partial charge in [0.1, 0.15) is 6.04 Å². The molecule has 7 nitrogen and oxygen atoms in total. The van der Waals surface area contributed by atoms with Crippen LogP contribution >= 0.6 is 0 Å². The molecule has 0 saturated heterocycles. The Morgan fingerprint density at radius 3 is 2.80 bits per heavy atom. The lowest BCUT2D eigenvalue weighted by molar-refractivity contribution is -0.148. The molecule has 1 atom stereocenters. The maximum atomic E-state index is 11.2. The van der Waals surface area contributed by atoms with Crippen LogP contribution in [-0.2, 0) is 9.53 Å². The third-order valence-corrected chi connectivity index (χ3v) is 1.71. The Balaban J connectivity index is 3.70. The highest BCUT2D eigenvalue weighted by molar-refractivity contribution is 5.75. The summed E-state index contributed by atoms with van der Waals surface area (Å²) in [6, 6.07) is -0.723. The van der Waals surface area contributed by atoms with Crippen LogP contribution in [0.2, 0.25) is 0 Å². The van der Waals surface area contributed by atoms with Crippen LogP contribution in [0.5, 0.6) is 0 Å². The van der Waals surface area contributed by atoms with Crippen LogP contribution in [-0.4, -0.2) is 36.3 Å². The third kappa shape index (κ3) is 6.69. The summed E-state index contributed by atoms with van der Waals surface area (Å²) in [5.41, 5.74) is 6.95. The Morgan fingerprint density at radius 1 is 1.67 bits per heavy atom. The van der Waals surface area contributed by atoms with Gasteiger partial charge >= 0.3 is 5.97 Å². The zero-order valence-electron chi connectivity index (χ0n) is 8.75. The zero-order valence-corrected chi connectivity index (χ0v) is 8.75. The molecule has 0 aliphatic carbocycles. The Kier molecular flexibility index (Phi) is 7.29. The van der Waals surface area contributed by atoms with E-state index in [1.807, 2.05) is 5.48 Å². The number of rotatable bonds is 7. The molecule has 0 unspecified atom stereocenters. The quantitative estimate of drug-likeness (QED) is 0.125. The van der Waals surface area contributed by atoms with Gasteiger partial charge in [-0.3, -0.25) is 10.2 Å². The molecule has 88 valence electrons. The minimum Gasteiger partial charge on any atom is -0.465 e. The van der Waals surface area contributed by atoms with E-state index in [1.54, 1.807) is 6.92 Å². The Morgan fingerprint density at radius 2 is 2.33 bits per heavy atom. The molecule has 0 aromatic heterocycles. The number of nitrogens with one attached hydrogen (secondary N) is 3. The predicted octanol–water partition coefficient (Wildman–Crippen LogP) is -0.840. The van der Waals surface area contributed by atoms with Crippen LogP contribution in [0.25, 0.3) is 0 Å². The Bertz CT molecular complexity index is 210. The molecule has 0 rings (SSSR count). The maximum absolute atomic E-state index is 11.2. The van der Waals surface area contributed by atoms with Gasteiger partial charge in [0.05, 0.1) is 6.61 Å². The lowest BCUT2D eigenvalue weighted by atomic mass is 10.1. The summed E-state index contributed by atoms with van der Waals surface area (Å²) in [5, 5.41) is 18.2. The summed E-state index contributed by atoms with van der Waals surface area (Å²) in [6.07, 6.45) is 1.01. The molecule has 0 saturated carbocycles. The number of hydrogen-bond donors (Lipinski definition) is 5. The smallest absolute Gasteiger partial charge is 0.325 e. The van der Waals surface area contributed by atoms with Crippen molar-refractivity contribution in [2.24, 2.45) is 5.73 Å². The molecule has 6 N–H and O–H groups in total. The Hall–Kier alpha value is -1.34. The highest BCUT2D eigenvalue weighted by Crippen LogP contribution is 1.98. The van der Waals surface area contributed by atoms with Gasteiger partial charge in [-0.15, -0.1) is 0 Å². The minimum atomic E-state index is -0.723. The molecule has 0 aliphatic heterocycles. The molecule has 7 heteroatoms. The van der Waals surface area contributed by atoms with Crippen LogP contribution in [0.3, 0.4) is 0 Å². The molecule has 0 aliphatic rings. The normalized spacial score (nSPS) is 11.9.